The van der Waals surface area contributed by atoms with Crippen molar-refractivity contribution in [2.45, 2.75) is 19.3 Å². The minimum atomic E-state index is -0.626. The molecule has 0 bridgehead atoms. The normalized spacial score (nSPS) is 11.1. The average Bonchev–Trinajstić information content (AvgIpc) is 2.53. The lowest BCUT2D eigenvalue weighted by Crippen LogP contribution is -2.36. The van der Waals surface area contributed by atoms with Crippen molar-refractivity contribution >= 4 is 23.4 Å². The molecule has 23 heavy (non-hydrogen) atoms. The lowest BCUT2D eigenvalue weighted by atomic mass is 9.84. The van der Waals surface area contributed by atoms with Crippen LogP contribution in [0, 0.1) is 0 Å². The maximum atomic E-state index is 12.2. The molecule has 2 rings (SSSR count). The Morgan fingerprint density at radius 3 is 2.57 bits per heavy atom. The Morgan fingerprint density at radius 1 is 1.26 bits per heavy atom. The third-order valence-electron chi connectivity index (χ3n) is 3.58. The first kappa shape index (κ1) is 17.0. The fourth-order valence-corrected chi connectivity index (χ4v) is 2.28. The predicted octanol–water partition coefficient (Wildman–Crippen LogP) is 2.54. The lowest BCUT2D eigenvalue weighted by molar-refractivity contribution is 0.0942. The van der Waals surface area contributed by atoms with Crippen molar-refractivity contribution in [3.8, 4) is 0 Å². The standard InChI is InChI=1S/C17H18ClN3O2/c1-17(2,12-4-3-5-13(18)8-12)10-21-16(23)11-6-7-14(15(19)22)20-9-11/h3-9H,10H2,1-2H3,(H2,19,22)(H,21,23). The number of pyridine rings is 1. The largest absolute Gasteiger partial charge is 0.364 e. The number of carbonyl (C=O) groups is 2. The van der Waals surface area contributed by atoms with E-state index in [1.165, 1.54) is 18.3 Å². The van der Waals surface area contributed by atoms with Crippen molar-refractivity contribution in [2.75, 3.05) is 6.54 Å². The number of nitrogens with two attached hydrogens (primary N) is 1. The van der Waals surface area contributed by atoms with Gasteiger partial charge in [0.05, 0.1) is 5.56 Å². The Morgan fingerprint density at radius 2 is 2.00 bits per heavy atom. The molecule has 0 radical (unpaired) electrons. The Balaban J connectivity index is 2.04. The van der Waals surface area contributed by atoms with Gasteiger partial charge in [0.1, 0.15) is 5.69 Å². The molecule has 0 saturated carbocycles. The van der Waals surface area contributed by atoms with Crippen LogP contribution in [0.15, 0.2) is 42.6 Å². The van der Waals surface area contributed by atoms with Gasteiger partial charge in [-0.1, -0.05) is 37.6 Å². The van der Waals surface area contributed by atoms with E-state index in [2.05, 4.69) is 10.3 Å². The highest BCUT2D eigenvalue weighted by molar-refractivity contribution is 6.30. The van der Waals surface area contributed by atoms with Crippen LogP contribution >= 0.6 is 11.6 Å². The van der Waals surface area contributed by atoms with Crippen LogP contribution in [0.25, 0.3) is 0 Å². The molecule has 1 aromatic heterocycles. The number of benzene rings is 1. The van der Waals surface area contributed by atoms with Gasteiger partial charge in [0, 0.05) is 23.2 Å². The molecule has 1 aromatic carbocycles. The summed E-state index contributed by atoms with van der Waals surface area (Å²) < 4.78 is 0. The van der Waals surface area contributed by atoms with Gasteiger partial charge < -0.3 is 11.1 Å². The van der Waals surface area contributed by atoms with Gasteiger partial charge in [-0.3, -0.25) is 14.6 Å². The molecule has 0 spiro atoms. The van der Waals surface area contributed by atoms with Gasteiger partial charge in [-0.2, -0.15) is 0 Å². The number of aromatic nitrogens is 1. The molecule has 0 aliphatic rings. The van der Waals surface area contributed by atoms with Crippen molar-refractivity contribution in [1.82, 2.24) is 10.3 Å². The number of carbonyl (C=O) groups excluding carboxylic acids is 2. The second-order valence-corrected chi connectivity index (χ2v) is 6.31. The van der Waals surface area contributed by atoms with E-state index in [4.69, 9.17) is 17.3 Å². The number of halogens is 1. The van der Waals surface area contributed by atoms with Crippen LogP contribution in [0.3, 0.4) is 0 Å². The third-order valence-corrected chi connectivity index (χ3v) is 3.81. The molecule has 3 N–H and O–H groups in total. The first-order chi connectivity index (χ1) is 10.8. The van der Waals surface area contributed by atoms with Crippen molar-refractivity contribution in [3.05, 3.63) is 64.4 Å². The number of amides is 2. The second-order valence-electron chi connectivity index (χ2n) is 5.87. The summed E-state index contributed by atoms with van der Waals surface area (Å²) in [6.45, 7) is 4.48. The first-order valence-corrected chi connectivity index (χ1v) is 7.47. The van der Waals surface area contributed by atoms with E-state index in [-0.39, 0.29) is 17.0 Å². The van der Waals surface area contributed by atoms with E-state index in [1.54, 1.807) is 0 Å². The molecular formula is C17H18ClN3O2. The van der Waals surface area contributed by atoms with Crippen LogP contribution in [0.5, 0.6) is 0 Å². The summed E-state index contributed by atoms with van der Waals surface area (Å²) in [5.74, 6) is -0.886. The van der Waals surface area contributed by atoms with Crippen LogP contribution in [-0.2, 0) is 5.41 Å². The molecule has 2 amide bonds. The van der Waals surface area contributed by atoms with Crippen LogP contribution < -0.4 is 11.1 Å². The van der Waals surface area contributed by atoms with E-state index >= 15 is 0 Å². The summed E-state index contributed by atoms with van der Waals surface area (Å²) in [6, 6.07) is 10.5. The van der Waals surface area contributed by atoms with Gasteiger partial charge in [-0.05, 0) is 29.8 Å². The Hall–Kier alpha value is -2.40. The zero-order valence-corrected chi connectivity index (χ0v) is 13.7. The van der Waals surface area contributed by atoms with Gasteiger partial charge >= 0.3 is 0 Å². The van der Waals surface area contributed by atoms with Gasteiger partial charge in [0.15, 0.2) is 0 Å². The highest BCUT2D eigenvalue weighted by Gasteiger charge is 2.22. The molecule has 1 heterocycles. The van der Waals surface area contributed by atoms with E-state index in [9.17, 15) is 9.59 Å². The number of hydrogen-bond acceptors (Lipinski definition) is 3. The van der Waals surface area contributed by atoms with Gasteiger partial charge in [0.25, 0.3) is 11.8 Å². The molecule has 5 nitrogen and oxygen atoms in total. The highest BCUT2D eigenvalue weighted by Crippen LogP contribution is 2.24. The fraction of sp³-hybridized carbons (Fsp3) is 0.235. The first-order valence-electron chi connectivity index (χ1n) is 7.10. The Bertz CT molecular complexity index is 727. The molecule has 0 saturated heterocycles. The Kier molecular flexibility index (Phi) is 5.01. The van der Waals surface area contributed by atoms with Gasteiger partial charge in [-0.15, -0.1) is 0 Å². The zero-order chi connectivity index (χ0) is 17.0. The van der Waals surface area contributed by atoms with Crippen molar-refractivity contribution in [2.24, 2.45) is 5.73 Å². The van der Waals surface area contributed by atoms with Crippen LogP contribution in [0.2, 0.25) is 5.02 Å². The smallest absolute Gasteiger partial charge is 0.267 e. The second kappa shape index (κ2) is 6.79. The predicted molar refractivity (Wildman–Crippen MR) is 89.6 cm³/mol. The molecule has 0 unspecified atom stereocenters. The third kappa shape index (κ3) is 4.29. The maximum absolute atomic E-state index is 12.2. The summed E-state index contributed by atoms with van der Waals surface area (Å²) in [5.41, 5.74) is 6.38. The number of nitrogens with zero attached hydrogens (tertiary/aromatic N) is 1. The van der Waals surface area contributed by atoms with Crippen LogP contribution in [0.4, 0.5) is 0 Å². The topological polar surface area (TPSA) is 85.1 Å². The summed E-state index contributed by atoms with van der Waals surface area (Å²) in [4.78, 5) is 27.0. The average molecular weight is 332 g/mol. The van der Waals surface area contributed by atoms with Crippen molar-refractivity contribution < 1.29 is 9.59 Å². The number of nitrogens with one attached hydrogen (secondary N) is 1. The SMILES string of the molecule is CC(C)(CNC(=O)c1ccc(C(N)=O)nc1)c1cccc(Cl)c1. The molecule has 120 valence electrons. The van der Waals surface area contributed by atoms with Gasteiger partial charge in [0.2, 0.25) is 0 Å². The highest BCUT2D eigenvalue weighted by atomic mass is 35.5. The number of hydrogen-bond donors (Lipinski definition) is 2. The monoisotopic (exact) mass is 331 g/mol. The Labute approximate surface area is 139 Å². The number of rotatable bonds is 5. The maximum Gasteiger partial charge on any atom is 0.267 e. The summed E-state index contributed by atoms with van der Waals surface area (Å²) in [5, 5.41) is 3.53. The molecule has 6 heteroatoms. The molecule has 0 aliphatic heterocycles. The minimum absolute atomic E-state index is 0.126. The van der Waals surface area contributed by atoms with E-state index in [1.807, 2.05) is 38.1 Å². The fourth-order valence-electron chi connectivity index (χ4n) is 2.09. The molecule has 2 aromatic rings. The molecular weight excluding hydrogens is 314 g/mol. The lowest BCUT2D eigenvalue weighted by Gasteiger charge is -2.26. The van der Waals surface area contributed by atoms with E-state index in [0.29, 0.717) is 17.1 Å². The van der Waals surface area contributed by atoms with Crippen molar-refractivity contribution in [1.29, 1.82) is 0 Å². The number of primary amides is 1. The van der Waals surface area contributed by atoms with Crippen LogP contribution in [-0.4, -0.2) is 23.3 Å². The summed E-state index contributed by atoms with van der Waals surface area (Å²) in [6.07, 6.45) is 1.34. The van der Waals surface area contributed by atoms with Crippen molar-refractivity contribution in [3.63, 3.8) is 0 Å². The van der Waals surface area contributed by atoms with E-state index in [0.717, 1.165) is 5.56 Å². The summed E-state index contributed by atoms with van der Waals surface area (Å²) in [7, 11) is 0. The summed E-state index contributed by atoms with van der Waals surface area (Å²) >= 11 is 6.02. The zero-order valence-electron chi connectivity index (χ0n) is 13.0. The van der Waals surface area contributed by atoms with E-state index < -0.39 is 5.91 Å². The quantitative estimate of drug-likeness (QED) is 0.882. The van der Waals surface area contributed by atoms with Gasteiger partial charge in [-0.25, -0.2) is 0 Å². The molecule has 0 fully saturated rings. The molecule has 0 aliphatic carbocycles. The van der Waals surface area contributed by atoms with Crippen LogP contribution in [0.1, 0.15) is 40.3 Å². The minimum Gasteiger partial charge on any atom is -0.364 e. The molecule has 0 atom stereocenters.